The van der Waals surface area contributed by atoms with Gasteiger partial charge in [0.1, 0.15) is 5.82 Å². The number of rotatable bonds is 2. The Morgan fingerprint density at radius 1 is 1.25 bits per heavy atom. The minimum atomic E-state index is -0.335. The van der Waals surface area contributed by atoms with Gasteiger partial charge >= 0.3 is 0 Å². The summed E-state index contributed by atoms with van der Waals surface area (Å²) in [6, 6.07) is 4.32. The highest BCUT2D eigenvalue weighted by molar-refractivity contribution is 6.06. The monoisotopic (exact) mass is 275 g/mol. The summed E-state index contributed by atoms with van der Waals surface area (Å²) < 4.78 is 13.1. The molecule has 0 atom stereocenters. The molecule has 3 rings (SSSR count). The van der Waals surface area contributed by atoms with E-state index in [1.807, 2.05) is 0 Å². The van der Waals surface area contributed by atoms with Crippen LogP contribution in [-0.4, -0.2) is 53.3 Å². The molecule has 6 heteroatoms. The summed E-state index contributed by atoms with van der Waals surface area (Å²) in [6.07, 6.45) is 2.41. The molecule has 1 N–H and O–H groups in total. The number of hydrogen-bond donors (Lipinski definition) is 1. The quantitative estimate of drug-likeness (QED) is 0.838. The Bertz CT molecular complexity index is 659. The highest BCUT2D eigenvalue weighted by atomic mass is 19.1. The van der Waals surface area contributed by atoms with E-state index in [9.17, 15) is 14.0 Å². The van der Waals surface area contributed by atoms with Gasteiger partial charge in [0.05, 0.1) is 5.56 Å². The van der Waals surface area contributed by atoms with E-state index in [0.717, 1.165) is 6.41 Å². The van der Waals surface area contributed by atoms with Gasteiger partial charge in [0.15, 0.2) is 0 Å². The average Bonchev–Trinajstić information content (AvgIpc) is 2.89. The van der Waals surface area contributed by atoms with Gasteiger partial charge in [-0.1, -0.05) is 0 Å². The molecule has 5 nitrogen and oxygen atoms in total. The topological polar surface area (TPSA) is 56.4 Å². The molecule has 1 aromatic heterocycles. The number of aromatic amines is 1. The van der Waals surface area contributed by atoms with Crippen LogP contribution in [0.4, 0.5) is 4.39 Å². The number of hydrogen-bond acceptors (Lipinski definition) is 2. The fourth-order valence-electron chi connectivity index (χ4n) is 2.48. The molecule has 1 saturated heterocycles. The van der Waals surface area contributed by atoms with Gasteiger partial charge in [-0.3, -0.25) is 9.59 Å². The van der Waals surface area contributed by atoms with Crippen molar-refractivity contribution in [1.29, 1.82) is 0 Å². The molecule has 20 heavy (non-hydrogen) atoms. The van der Waals surface area contributed by atoms with E-state index in [-0.39, 0.29) is 11.7 Å². The van der Waals surface area contributed by atoms with Crippen molar-refractivity contribution in [3.05, 3.63) is 35.8 Å². The molecule has 0 aliphatic carbocycles. The maximum Gasteiger partial charge on any atom is 0.256 e. The Morgan fingerprint density at radius 2 is 2.00 bits per heavy atom. The molecule has 2 aromatic rings. The van der Waals surface area contributed by atoms with Gasteiger partial charge in [0.2, 0.25) is 6.41 Å². The van der Waals surface area contributed by atoms with E-state index < -0.39 is 0 Å². The lowest BCUT2D eigenvalue weighted by atomic mass is 10.1. The first kappa shape index (κ1) is 12.7. The summed E-state index contributed by atoms with van der Waals surface area (Å²) in [5.74, 6) is -0.425. The number of nitrogens with zero attached hydrogens (tertiary/aromatic N) is 2. The molecule has 0 bridgehead atoms. The van der Waals surface area contributed by atoms with Crippen molar-refractivity contribution in [1.82, 2.24) is 14.8 Å². The van der Waals surface area contributed by atoms with Crippen molar-refractivity contribution in [2.24, 2.45) is 0 Å². The van der Waals surface area contributed by atoms with Crippen LogP contribution >= 0.6 is 0 Å². The van der Waals surface area contributed by atoms with Gasteiger partial charge in [-0.2, -0.15) is 0 Å². The highest BCUT2D eigenvalue weighted by Gasteiger charge is 2.23. The molecule has 0 unspecified atom stereocenters. The third-order valence-electron chi connectivity index (χ3n) is 3.62. The van der Waals surface area contributed by atoms with Crippen LogP contribution in [0.2, 0.25) is 0 Å². The molecular formula is C14H14FN3O2. The Hall–Kier alpha value is -2.37. The minimum Gasteiger partial charge on any atom is -0.360 e. The van der Waals surface area contributed by atoms with Crippen molar-refractivity contribution < 1.29 is 14.0 Å². The summed E-state index contributed by atoms with van der Waals surface area (Å²) in [5.41, 5.74) is 1.15. The van der Waals surface area contributed by atoms with E-state index >= 15 is 0 Å². The Labute approximate surface area is 115 Å². The molecule has 2 heterocycles. The molecule has 0 radical (unpaired) electrons. The number of H-pyrrole nitrogens is 1. The summed E-state index contributed by atoms with van der Waals surface area (Å²) >= 11 is 0. The van der Waals surface area contributed by atoms with Crippen LogP contribution in [0.25, 0.3) is 10.9 Å². The average molecular weight is 275 g/mol. The van der Waals surface area contributed by atoms with Gasteiger partial charge in [-0.25, -0.2) is 4.39 Å². The van der Waals surface area contributed by atoms with Gasteiger partial charge in [0.25, 0.3) is 5.91 Å². The van der Waals surface area contributed by atoms with Gasteiger partial charge in [0, 0.05) is 43.3 Å². The van der Waals surface area contributed by atoms with Crippen molar-refractivity contribution in [3.63, 3.8) is 0 Å². The molecule has 1 aliphatic heterocycles. The van der Waals surface area contributed by atoms with E-state index in [1.165, 1.54) is 12.1 Å². The normalized spacial score (nSPS) is 15.7. The zero-order chi connectivity index (χ0) is 14.1. The summed E-state index contributed by atoms with van der Waals surface area (Å²) in [6.45, 7) is 2.13. The lowest BCUT2D eigenvalue weighted by Crippen LogP contribution is -2.48. The second-order valence-electron chi connectivity index (χ2n) is 4.83. The minimum absolute atomic E-state index is 0.0894. The first-order valence-corrected chi connectivity index (χ1v) is 6.44. The van der Waals surface area contributed by atoms with Crippen LogP contribution in [0.5, 0.6) is 0 Å². The van der Waals surface area contributed by atoms with Crippen LogP contribution in [0.1, 0.15) is 10.4 Å². The van der Waals surface area contributed by atoms with Crippen LogP contribution in [0.3, 0.4) is 0 Å². The predicted molar refractivity (Wildman–Crippen MR) is 71.8 cm³/mol. The standard InChI is InChI=1S/C14H14FN3O2/c15-10-1-2-11-12(8-16-13(11)7-10)14(20)18-5-3-17(9-19)4-6-18/h1-2,7-9,16H,3-6H2. The van der Waals surface area contributed by atoms with E-state index in [2.05, 4.69) is 4.98 Å². The van der Waals surface area contributed by atoms with Crippen molar-refractivity contribution in [3.8, 4) is 0 Å². The lowest BCUT2D eigenvalue weighted by molar-refractivity contribution is -0.119. The predicted octanol–water partition coefficient (Wildman–Crippen LogP) is 1.22. The number of benzene rings is 1. The summed E-state index contributed by atoms with van der Waals surface area (Å²) in [4.78, 5) is 29.4. The lowest BCUT2D eigenvalue weighted by Gasteiger charge is -2.32. The summed E-state index contributed by atoms with van der Waals surface area (Å²) in [5, 5.41) is 0.717. The van der Waals surface area contributed by atoms with Gasteiger partial charge in [-0.15, -0.1) is 0 Å². The Kier molecular flexibility index (Phi) is 3.14. The van der Waals surface area contributed by atoms with Crippen LogP contribution in [0.15, 0.2) is 24.4 Å². The number of carbonyl (C=O) groups excluding carboxylic acids is 2. The third-order valence-corrected chi connectivity index (χ3v) is 3.62. The van der Waals surface area contributed by atoms with Crippen LogP contribution < -0.4 is 0 Å². The van der Waals surface area contributed by atoms with E-state index in [4.69, 9.17) is 0 Å². The molecule has 104 valence electrons. The number of nitrogens with one attached hydrogen (secondary N) is 1. The summed E-state index contributed by atoms with van der Waals surface area (Å²) in [7, 11) is 0. The number of carbonyl (C=O) groups is 2. The van der Waals surface area contributed by atoms with Crippen molar-refractivity contribution >= 4 is 23.2 Å². The zero-order valence-electron chi connectivity index (χ0n) is 10.8. The fraction of sp³-hybridized carbons (Fsp3) is 0.286. The van der Waals surface area contributed by atoms with Crippen LogP contribution in [-0.2, 0) is 4.79 Å². The van der Waals surface area contributed by atoms with E-state index in [1.54, 1.807) is 22.1 Å². The smallest absolute Gasteiger partial charge is 0.256 e. The number of fused-ring (bicyclic) bond motifs is 1. The molecule has 1 aliphatic rings. The van der Waals surface area contributed by atoms with Crippen LogP contribution in [0, 0.1) is 5.82 Å². The first-order valence-electron chi connectivity index (χ1n) is 6.44. The molecule has 1 aromatic carbocycles. The molecule has 1 fully saturated rings. The van der Waals surface area contributed by atoms with Gasteiger partial charge in [-0.05, 0) is 18.2 Å². The maximum absolute atomic E-state index is 13.1. The SMILES string of the molecule is O=CN1CCN(C(=O)c2c[nH]c3cc(F)ccc23)CC1. The number of aromatic nitrogens is 1. The number of halogens is 1. The largest absolute Gasteiger partial charge is 0.360 e. The second kappa shape index (κ2) is 4.96. The molecule has 0 spiro atoms. The van der Waals surface area contributed by atoms with Crippen molar-refractivity contribution in [2.45, 2.75) is 0 Å². The highest BCUT2D eigenvalue weighted by Crippen LogP contribution is 2.21. The zero-order valence-corrected chi connectivity index (χ0v) is 10.8. The molecular weight excluding hydrogens is 261 g/mol. The third kappa shape index (κ3) is 2.13. The maximum atomic E-state index is 13.1. The van der Waals surface area contributed by atoms with Gasteiger partial charge < -0.3 is 14.8 Å². The number of amides is 2. The molecule has 0 saturated carbocycles. The Morgan fingerprint density at radius 3 is 2.70 bits per heavy atom. The molecule has 2 amide bonds. The van der Waals surface area contributed by atoms with E-state index in [0.29, 0.717) is 42.6 Å². The fourth-order valence-corrected chi connectivity index (χ4v) is 2.48. The Balaban J connectivity index is 1.84. The van der Waals surface area contributed by atoms with Crippen molar-refractivity contribution in [2.75, 3.05) is 26.2 Å². The number of piperazine rings is 1. The first-order chi connectivity index (χ1) is 9.69. The second-order valence-corrected chi connectivity index (χ2v) is 4.83.